The highest BCUT2D eigenvalue weighted by molar-refractivity contribution is 5.38. The number of rotatable bonds is 3. The first-order chi connectivity index (χ1) is 7.38. The molecule has 80 valence electrons. The van der Waals surface area contributed by atoms with Crippen LogP contribution in [0, 0.1) is 11.8 Å². The Morgan fingerprint density at radius 1 is 1.40 bits per heavy atom. The molecule has 3 rings (SSSR count). The maximum atomic E-state index is 5.02. The number of ether oxygens (including phenoxy) is 1. The van der Waals surface area contributed by atoms with Crippen molar-refractivity contribution in [2.24, 2.45) is 11.8 Å². The van der Waals surface area contributed by atoms with Gasteiger partial charge in [-0.1, -0.05) is 0 Å². The van der Waals surface area contributed by atoms with Crippen LogP contribution >= 0.6 is 0 Å². The molecule has 5 heteroatoms. The lowest BCUT2D eigenvalue weighted by Gasteiger charge is -2.08. The lowest BCUT2D eigenvalue weighted by molar-refractivity contribution is 0.396. The Morgan fingerprint density at radius 2 is 2.20 bits per heavy atom. The van der Waals surface area contributed by atoms with E-state index in [9.17, 15) is 0 Å². The third-order valence-electron chi connectivity index (χ3n) is 3.23. The molecule has 0 bridgehead atoms. The van der Waals surface area contributed by atoms with Crippen molar-refractivity contribution in [1.82, 2.24) is 15.3 Å². The van der Waals surface area contributed by atoms with E-state index in [0.717, 1.165) is 30.7 Å². The first kappa shape index (κ1) is 8.91. The van der Waals surface area contributed by atoms with Crippen LogP contribution in [0.25, 0.3) is 0 Å². The van der Waals surface area contributed by atoms with Crippen molar-refractivity contribution in [2.45, 2.75) is 6.04 Å². The molecule has 5 nitrogen and oxygen atoms in total. The Morgan fingerprint density at radius 3 is 2.93 bits per heavy atom. The minimum atomic E-state index is 0.559. The van der Waals surface area contributed by atoms with Gasteiger partial charge in [0.2, 0.25) is 5.88 Å². The van der Waals surface area contributed by atoms with Crippen molar-refractivity contribution < 1.29 is 4.74 Å². The number of piperidine rings is 1. The van der Waals surface area contributed by atoms with Crippen LogP contribution in [-0.2, 0) is 0 Å². The third kappa shape index (κ3) is 1.52. The minimum absolute atomic E-state index is 0.559. The maximum Gasteiger partial charge on any atom is 0.233 e. The Bertz CT molecular complexity index is 360. The summed E-state index contributed by atoms with van der Waals surface area (Å²) in [6.45, 7) is 2.25. The molecule has 1 aromatic heterocycles. The molecule has 2 N–H and O–H groups in total. The van der Waals surface area contributed by atoms with Crippen molar-refractivity contribution in [3.63, 3.8) is 0 Å². The van der Waals surface area contributed by atoms with Gasteiger partial charge < -0.3 is 15.4 Å². The third-order valence-corrected chi connectivity index (χ3v) is 3.23. The fraction of sp³-hybridized carbons (Fsp3) is 0.600. The highest BCUT2D eigenvalue weighted by Crippen LogP contribution is 2.43. The highest BCUT2D eigenvalue weighted by Gasteiger charge is 2.53. The summed E-state index contributed by atoms with van der Waals surface area (Å²) in [5.41, 5.74) is 0. The molecule has 1 saturated carbocycles. The van der Waals surface area contributed by atoms with Gasteiger partial charge in [-0.15, -0.1) is 0 Å². The van der Waals surface area contributed by atoms with E-state index >= 15 is 0 Å². The average Bonchev–Trinajstić information content (AvgIpc) is 2.75. The molecule has 2 atom stereocenters. The van der Waals surface area contributed by atoms with Gasteiger partial charge in [-0.05, 0) is 11.8 Å². The lowest BCUT2D eigenvalue weighted by Crippen LogP contribution is -2.21. The van der Waals surface area contributed by atoms with Gasteiger partial charge in [0, 0.05) is 19.1 Å². The number of methoxy groups -OCH3 is 1. The van der Waals surface area contributed by atoms with Gasteiger partial charge in [0.1, 0.15) is 5.82 Å². The lowest BCUT2D eigenvalue weighted by atomic mass is 10.4. The molecule has 0 aromatic carbocycles. The number of nitrogens with one attached hydrogen (secondary N) is 2. The van der Waals surface area contributed by atoms with E-state index in [2.05, 4.69) is 20.6 Å². The van der Waals surface area contributed by atoms with Crippen LogP contribution in [0.15, 0.2) is 12.4 Å². The monoisotopic (exact) mass is 206 g/mol. The van der Waals surface area contributed by atoms with Crippen molar-refractivity contribution in [3.05, 3.63) is 12.4 Å². The number of aromatic nitrogens is 2. The van der Waals surface area contributed by atoms with Crippen molar-refractivity contribution in [2.75, 3.05) is 25.5 Å². The van der Waals surface area contributed by atoms with Crippen molar-refractivity contribution >= 4 is 5.82 Å². The molecule has 0 spiro atoms. The molecule has 1 aliphatic heterocycles. The summed E-state index contributed by atoms with van der Waals surface area (Å²) in [5, 5.41) is 6.76. The molecule has 0 amide bonds. The fourth-order valence-corrected chi connectivity index (χ4v) is 2.32. The zero-order valence-corrected chi connectivity index (χ0v) is 8.60. The number of nitrogens with zero attached hydrogens (tertiary/aromatic N) is 2. The van der Waals surface area contributed by atoms with Crippen LogP contribution in [0.4, 0.5) is 5.82 Å². The predicted octanol–water partition coefficient (Wildman–Crippen LogP) is 0.115. The second kappa shape index (κ2) is 3.34. The standard InChI is InChI=1S/C10H14N4O/c1-15-9-5-12-4-8(13-9)14-10-6-2-11-3-7(6)10/h4-7,10-11H,2-3H2,1H3,(H,13,14). The van der Waals surface area contributed by atoms with Gasteiger partial charge in [0.05, 0.1) is 19.5 Å². The van der Waals surface area contributed by atoms with Gasteiger partial charge in [-0.2, -0.15) is 4.98 Å². The summed E-state index contributed by atoms with van der Waals surface area (Å²) >= 11 is 0. The Hall–Kier alpha value is -1.36. The summed E-state index contributed by atoms with van der Waals surface area (Å²) in [6.07, 6.45) is 3.35. The van der Waals surface area contributed by atoms with E-state index in [1.807, 2.05) is 0 Å². The summed E-state index contributed by atoms with van der Waals surface area (Å²) in [5.74, 6) is 2.92. The number of hydrogen-bond donors (Lipinski definition) is 2. The van der Waals surface area contributed by atoms with Crippen LogP contribution < -0.4 is 15.4 Å². The smallest absolute Gasteiger partial charge is 0.233 e. The first-order valence-electron chi connectivity index (χ1n) is 5.22. The van der Waals surface area contributed by atoms with Crippen LogP contribution in [0.2, 0.25) is 0 Å². The van der Waals surface area contributed by atoms with E-state index in [1.54, 1.807) is 19.5 Å². The van der Waals surface area contributed by atoms with E-state index in [-0.39, 0.29) is 0 Å². The Labute approximate surface area is 88.3 Å². The topological polar surface area (TPSA) is 59.1 Å². The largest absolute Gasteiger partial charge is 0.480 e. The molecule has 1 aromatic rings. The van der Waals surface area contributed by atoms with Crippen LogP contribution in [0.1, 0.15) is 0 Å². The summed E-state index contributed by atoms with van der Waals surface area (Å²) in [7, 11) is 1.60. The van der Waals surface area contributed by atoms with E-state index < -0.39 is 0 Å². The quantitative estimate of drug-likeness (QED) is 0.735. The Kier molecular flexibility index (Phi) is 1.98. The molecule has 15 heavy (non-hydrogen) atoms. The maximum absolute atomic E-state index is 5.02. The molecule has 1 aliphatic carbocycles. The van der Waals surface area contributed by atoms with Crippen LogP contribution in [-0.4, -0.2) is 36.2 Å². The van der Waals surface area contributed by atoms with E-state index in [1.165, 1.54) is 0 Å². The highest BCUT2D eigenvalue weighted by atomic mass is 16.5. The molecule has 1 saturated heterocycles. The minimum Gasteiger partial charge on any atom is -0.480 e. The van der Waals surface area contributed by atoms with Crippen LogP contribution in [0.5, 0.6) is 5.88 Å². The van der Waals surface area contributed by atoms with Gasteiger partial charge >= 0.3 is 0 Å². The molecule has 2 fully saturated rings. The van der Waals surface area contributed by atoms with Gasteiger partial charge in [0.15, 0.2) is 0 Å². The van der Waals surface area contributed by atoms with E-state index in [4.69, 9.17) is 4.74 Å². The van der Waals surface area contributed by atoms with Crippen LogP contribution in [0.3, 0.4) is 0 Å². The van der Waals surface area contributed by atoms with Gasteiger partial charge in [-0.25, -0.2) is 0 Å². The molecule has 0 radical (unpaired) electrons. The molecule has 2 aliphatic rings. The molecule has 2 heterocycles. The Balaban J connectivity index is 1.67. The SMILES string of the molecule is COc1cncc(NC2C3CNCC32)n1. The summed E-state index contributed by atoms with van der Waals surface area (Å²) in [4.78, 5) is 8.35. The van der Waals surface area contributed by atoms with Gasteiger partial charge in [0.25, 0.3) is 0 Å². The number of fused-ring (bicyclic) bond motifs is 1. The molecular formula is C10H14N4O. The van der Waals surface area contributed by atoms with Gasteiger partial charge in [-0.3, -0.25) is 4.98 Å². The normalized spacial score (nSPS) is 32.2. The first-order valence-corrected chi connectivity index (χ1v) is 5.22. The summed E-state index contributed by atoms with van der Waals surface area (Å²) < 4.78 is 5.02. The second-order valence-electron chi connectivity index (χ2n) is 4.10. The second-order valence-corrected chi connectivity index (χ2v) is 4.10. The fourth-order valence-electron chi connectivity index (χ4n) is 2.32. The number of hydrogen-bond acceptors (Lipinski definition) is 5. The molecular weight excluding hydrogens is 192 g/mol. The number of anilines is 1. The summed E-state index contributed by atoms with van der Waals surface area (Å²) in [6, 6.07) is 0.577. The van der Waals surface area contributed by atoms with Crippen molar-refractivity contribution in [1.29, 1.82) is 0 Å². The average molecular weight is 206 g/mol. The molecule has 2 unspecified atom stereocenters. The zero-order valence-electron chi connectivity index (χ0n) is 8.60. The van der Waals surface area contributed by atoms with Crippen molar-refractivity contribution in [3.8, 4) is 5.88 Å². The van der Waals surface area contributed by atoms with E-state index in [0.29, 0.717) is 11.9 Å². The zero-order chi connectivity index (χ0) is 10.3. The predicted molar refractivity (Wildman–Crippen MR) is 55.8 cm³/mol.